The van der Waals surface area contributed by atoms with Gasteiger partial charge in [0.1, 0.15) is 0 Å². The van der Waals surface area contributed by atoms with Crippen LogP contribution in [0.15, 0.2) is 30.5 Å². The minimum absolute atomic E-state index is 0.203. The van der Waals surface area contributed by atoms with Gasteiger partial charge in [0.2, 0.25) is 0 Å². The summed E-state index contributed by atoms with van der Waals surface area (Å²) in [6.45, 7) is 7.95. The zero-order valence-corrected chi connectivity index (χ0v) is 13.6. The van der Waals surface area contributed by atoms with Crippen molar-refractivity contribution in [3.63, 3.8) is 0 Å². The number of hydrogen-bond donors (Lipinski definition) is 1. The number of hydrogen-bond acceptors (Lipinski definition) is 1. The summed E-state index contributed by atoms with van der Waals surface area (Å²) >= 11 is 0. The maximum atomic E-state index is 13.0. The molecule has 2 heterocycles. The Morgan fingerprint density at radius 2 is 2.05 bits per heavy atom. The Labute approximate surface area is 131 Å². The molecule has 3 heteroatoms. The molecular weight excluding hydrogens is 272 g/mol. The zero-order chi connectivity index (χ0) is 15.5. The second kappa shape index (κ2) is 4.37. The Kier molecular flexibility index (Phi) is 2.76. The lowest BCUT2D eigenvalue weighted by molar-refractivity contribution is 0.0708. The first-order valence-corrected chi connectivity index (χ1v) is 8.24. The Morgan fingerprint density at radius 1 is 1.23 bits per heavy atom. The third kappa shape index (κ3) is 2.15. The van der Waals surface area contributed by atoms with Crippen molar-refractivity contribution in [3.8, 4) is 0 Å². The fraction of sp³-hybridized carbons (Fsp3) is 0.526. The number of aromatic nitrogens is 1. The minimum atomic E-state index is 0.203. The molecule has 22 heavy (non-hydrogen) atoms. The fourth-order valence-corrected chi connectivity index (χ4v) is 5.05. The van der Waals surface area contributed by atoms with Crippen molar-refractivity contribution in [2.24, 2.45) is 10.8 Å². The van der Waals surface area contributed by atoms with E-state index in [1.54, 1.807) is 0 Å². The lowest BCUT2D eigenvalue weighted by atomic mass is 9.65. The van der Waals surface area contributed by atoms with Gasteiger partial charge < -0.3 is 9.88 Å². The number of nitrogens with zero attached hydrogens (tertiary/aromatic N) is 1. The number of aromatic amines is 1. The second-order valence-electron chi connectivity index (χ2n) is 8.43. The number of amides is 1. The van der Waals surface area contributed by atoms with Crippen molar-refractivity contribution in [2.75, 3.05) is 6.54 Å². The van der Waals surface area contributed by atoms with E-state index in [9.17, 15) is 4.79 Å². The first-order valence-electron chi connectivity index (χ1n) is 8.24. The van der Waals surface area contributed by atoms with Gasteiger partial charge in [-0.05, 0) is 54.4 Å². The molecule has 2 fully saturated rings. The molecule has 1 amide bonds. The van der Waals surface area contributed by atoms with E-state index < -0.39 is 0 Å². The standard InChI is InChI=1S/C19H24N2O/c1-18(2)9-15-10-19(3,11-18)12-21(15)17(22)14-4-5-16-13(8-14)6-7-20-16/h4-8,15,20H,9-12H2,1-3H3/t15-,19-/m0/s1. The van der Waals surface area contributed by atoms with Crippen LogP contribution < -0.4 is 0 Å². The summed E-state index contributed by atoms with van der Waals surface area (Å²) in [5.41, 5.74) is 2.54. The average Bonchev–Trinajstić information content (AvgIpc) is 2.97. The van der Waals surface area contributed by atoms with Gasteiger partial charge in [0.25, 0.3) is 5.91 Å². The molecule has 1 N–H and O–H groups in total. The van der Waals surface area contributed by atoms with Crippen LogP contribution in [0.3, 0.4) is 0 Å². The maximum Gasteiger partial charge on any atom is 0.254 e. The van der Waals surface area contributed by atoms with Crippen molar-refractivity contribution in [1.82, 2.24) is 9.88 Å². The summed E-state index contributed by atoms with van der Waals surface area (Å²) in [6.07, 6.45) is 5.43. The van der Waals surface area contributed by atoms with Crippen LogP contribution in [-0.4, -0.2) is 28.4 Å². The Morgan fingerprint density at radius 3 is 2.86 bits per heavy atom. The molecule has 0 unspecified atom stereocenters. The zero-order valence-electron chi connectivity index (χ0n) is 13.6. The van der Waals surface area contributed by atoms with Crippen LogP contribution in [0.4, 0.5) is 0 Å². The van der Waals surface area contributed by atoms with E-state index in [4.69, 9.17) is 0 Å². The normalized spacial score (nSPS) is 30.0. The van der Waals surface area contributed by atoms with Crippen molar-refractivity contribution in [1.29, 1.82) is 0 Å². The van der Waals surface area contributed by atoms with Gasteiger partial charge in [-0.1, -0.05) is 20.8 Å². The van der Waals surface area contributed by atoms with E-state index in [1.165, 1.54) is 6.42 Å². The molecule has 0 radical (unpaired) electrons. The van der Waals surface area contributed by atoms with Crippen molar-refractivity contribution < 1.29 is 4.79 Å². The summed E-state index contributed by atoms with van der Waals surface area (Å²) in [6, 6.07) is 8.42. The van der Waals surface area contributed by atoms with E-state index >= 15 is 0 Å². The monoisotopic (exact) mass is 296 g/mol. The summed E-state index contributed by atoms with van der Waals surface area (Å²) in [4.78, 5) is 18.3. The van der Waals surface area contributed by atoms with E-state index in [0.29, 0.717) is 16.9 Å². The molecule has 1 aliphatic heterocycles. The highest BCUT2D eigenvalue weighted by atomic mass is 16.2. The third-order valence-corrected chi connectivity index (χ3v) is 5.48. The number of likely N-dealkylation sites (tertiary alicyclic amines) is 1. The molecule has 4 rings (SSSR count). The Hall–Kier alpha value is -1.77. The Balaban J connectivity index is 1.65. The molecule has 1 aliphatic carbocycles. The van der Waals surface area contributed by atoms with E-state index in [0.717, 1.165) is 35.9 Å². The molecule has 1 aromatic heterocycles. The first kappa shape index (κ1) is 13.9. The molecule has 116 valence electrons. The third-order valence-electron chi connectivity index (χ3n) is 5.48. The van der Waals surface area contributed by atoms with E-state index in [1.807, 2.05) is 30.5 Å². The minimum Gasteiger partial charge on any atom is -0.361 e. The van der Waals surface area contributed by atoms with Crippen LogP contribution in [-0.2, 0) is 0 Å². The smallest absolute Gasteiger partial charge is 0.254 e. The van der Waals surface area contributed by atoms with Gasteiger partial charge in [0.15, 0.2) is 0 Å². The quantitative estimate of drug-likeness (QED) is 0.841. The number of fused-ring (bicyclic) bond motifs is 3. The van der Waals surface area contributed by atoms with Gasteiger partial charge in [-0.2, -0.15) is 0 Å². The molecule has 2 aromatic rings. The number of H-pyrrole nitrogens is 1. The van der Waals surface area contributed by atoms with E-state index in [2.05, 4.69) is 30.7 Å². The summed E-state index contributed by atoms with van der Waals surface area (Å²) in [5.74, 6) is 0.203. The Bertz CT molecular complexity index is 745. The highest BCUT2D eigenvalue weighted by Gasteiger charge is 2.50. The fourth-order valence-electron chi connectivity index (χ4n) is 5.05. The van der Waals surface area contributed by atoms with Crippen molar-refractivity contribution >= 4 is 16.8 Å². The van der Waals surface area contributed by atoms with Crippen LogP contribution >= 0.6 is 0 Å². The predicted octanol–water partition coefficient (Wildman–Crippen LogP) is 4.21. The largest absolute Gasteiger partial charge is 0.361 e. The highest BCUT2D eigenvalue weighted by molar-refractivity contribution is 5.98. The molecule has 1 saturated heterocycles. The molecule has 1 saturated carbocycles. The lowest BCUT2D eigenvalue weighted by Gasteiger charge is -2.39. The van der Waals surface area contributed by atoms with Crippen LogP contribution in [0.25, 0.3) is 10.9 Å². The van der Waals surface area contributed by atoms with Crippen LogP contribution in [0.5, 0.6) is 0 Å². The van der Waals surface area contributed by atoms with Crippen LogP contribution in [0.1, 0.15) is 50.4 Å². The van der Waals surface area contributed by atoms with Crippen molar-refractivity contribution in [2.45, 2.75) is 46.1 Å². The first-order chi connectivity index (χ1) is 10.4. The number of carbonyl (C=O) groups excluding carboxylic acids is 1. The van der Waals surface area contributed by atoms with E-state index in [-0.39, 0.29) is 5.91 Å². The highest BCUT2D eigenvalue weighted by Crippen LogP contribution is 2.52. The molecule has 1 aromatic carbocycles. The molecule has 3 nitrogen and oxygen atoms in total. The SMILES string of the molecule is CC1(C)C[C@H]2C[C@](C)(CN2C(=O)c2ccc3[nH]ccc3c2)C1. The predicted molar refractivity (Wildman–Crippen MR) is 88.9 cm³/mol. The topological polar surface area (TPSA) is 36.1 Å². The average molecular weight is 296 g/mol. The summed E-state index contributed by atoms with van der Waals surface area (Å²) in [7, 11) is 0. The molecule has 2 bridgehead atoms. The van der Waals surface area contributed by atoms with Gasteiger partial charge in [-0.15, -0.1) is 0 Å². The van der Waals surface area contributed by atoms with Gasteiger partial charge in [-0.25, -0.2) is 0 Å². The number of nitrogens with one attached hydrogen (secondary N) is 1. The summed E-state index contributed by atoms with van der Waals surface area (Å²) in [5, 5.41) is 1.11. The van der Waals surface area contributed by atoms with Crippen molar-refractivity contribution in [3.05, 3.63) is 36.0 Å². The number of rotatable bonds is 1. The van der Waals surface area contributed by atoms with Crippen LogP contribution in [0.2, 0.25) is 0 Å². The molecular formula is C19H24N2O. The summed E-state index contributed by atoms with van der Waals surface area (Å²) < 4.78 is 0. The molecule has 2 atom stereocenters. The van der Waals surface area contributed by atoms with Gasteiger partial charge >= 0.3 is 0 Å². The second-order valence-corrected chi connectivity index (χ2v) is 8.43. The molecule has 2 aliphatic rings. The number of benzene rings is 1. The van der Waals surface area contributed by atoms with Gasteiger partial charge in [0, 0.05) is 35.2 Å². The maximum absolute atomic E-state index is 13.0. The van der Waals surface area contributed by atoms with Gasteiger partial charge in [0.05, 0.1) is 0 Å². The van der Waals surface area contributed by atoms with Gasteiger partial charge in [-0.3, -0.25) is 4.79 Å². The lowest BCUT2D eigenvalue weighted by Crippen LogP contribution is -2.37. The number of carbonyl (C=O) groups is 1. The molecule has 0 spiro atoms. The van der Waals surface area contributed by atoms with Crippen LogP contribution in [0, 0.1) is 10.8 Å².